The Morgan fingerprint density at radius 1 is 1.45 bits per heavy atom. The van der Waals surface area contributed by atoms with Gasteiger partial charge in [0.15, 0.2) is 5.78 Å². The van der Waals surface area contributed by atoms with Crippen molar-refractivity contribution in [2.75, 3.05) is 11.9 Å². The lowest BCUT2D eigenvalue weighted by Gasteiger charge is -2.03. The summed E-state index contributed by atoms with van der Waals surface area (Å²) in [6.07, 6.45) is 0. The highest BCUT2D eigenvalue weighted by molar-refractivity contribution is 9.09. The van der Waals surface area contributed by atoms with Gasteiger partial charge in [0.1, 0.15) is 11.9 Å². The first-order valence-corrected chi connectivity index (χ1v) is 4.44. The van der Waals surface area contributed by atoms with E-state index >= 15 is 0 Å². The first kappa shape index (κ1) is 10.6. The van der Waals surface area contributed by atoms with E-state index < -0.39 is 5.97 Å². The minimum absolute atomic E-state index is 0.0562. The summed E-state index contributed by atoms with van der Waals surface area (Å²) in [4.78, 5) is 21.4. The quantitative estimate of drug-likeness (QED) is 0.530. The molecule has 64 valence electrons. The largest absolute Gasteiger partial charge is 0.457 e. The Labute approximate surface area is 74.2 Å². The average Bonchev–Trinajstić information content (AvgIpc) is 1.99. The maximum atomic E-state index is 10.9. The highest BCUT2D eigenvalue weighted by Crippen LogP contribution is 1.95. The Hall–Kier alpha value is -0.380. The zero-order chi connectivity index (χ0) is 8.85. The smallest absolute Gasteiger partial charge is 0.316 e. The Bertz CT molecular complexity index is 154. The molecule has 0 spiro atoms. The number of rotatable bonds is 4. The van der Waals surface area contributed by atoms with E-state index in [1.54, 1.807) is 13.8 Å². The second kappa shape index (κ2) is 5.29. The van der Waals surface area contributed by atoms with Crippen molar-refractivity contribution >= 4 is 27.7 Å². The molecule has 0 fully saturated rings. The monoisotopic (exact) mass is 222 g/mol. The number of esters is 1. The van der Waals surface area contributed by atoms with E-state index in [4.69, 9.17) is 0 Å². The van der Waals surface area contributed by atoms with Crippen molar-refractivity contribution in [3.63, 3.8) is 0 Å². The van der Waals surface area contributed by atoms with Gasteiger partial charge in [-0.05, 0) is 0 Å². The number of halogens is 1. The molecule has 3 nitrogen and oxygen atoms in total. The fraction of sp³-hybridized carbons (Fsp3) is 0.714. The normalized spacial score (nSPS) is 9.82. The van der Waals surface area contributed by atoms with E-state index in [1.807, 2.05) is 0 Å². The maximum Gasteiger partial charge on any atom is 0.316 e. The summed E-state index contributed by atoms with van der Waals surface area (Å²) in [6.45, 7) is 3.43. The van der Waals surface area contributed by atoms with E-state index in [0.29, 0.717) is 0 Å². The lowest BCUT2D eigenvalue weighted by atomic mass is 10.1. The number of carbonyl (C=O) groups is 2. The molecule has 0 aromatic rings. The minimum atomic E-state index is -0.404. The van der Waals surface area contributed by atoms with Crippen molar-refractivity contribution in [2.24, 2.45) is 5.92 Å². The van der Waals surface area contributed by atoms with Crippen molar-refractivity contribution in [3.8, 4) is 0 Å². The van der Waals surface area contributed by atoms with Gasteiger partial charge in [0, 0.05) is 5.92 Å². The van der Waals surface area contributed by atoms with E-state index in [-0.39, 0.29) is 23.6 Å². The van der Waals surface area contributed by atoms with Crippen molar-refractivity contribution < 1.29 is 14.3 Å². The average molecular weight is 223 g/mol. The molecule has 0 radical (unpaired) electrons. The molecule has 0 rings (SSSR count). The van der Waals surface area contributed by atoms with Gasteiger partial charge in [-0.25, -0.2) is 0 Å². The van der Waals surface area contributed by atoms with Gasteiger partial charge in [-0.3, -0.25) is 9.59 Å². The third-order valence-corrected chi connectivity index (χ3v) is 1.59. The van der Waals surface area contributed by atoms with E-state index in [9.17, 15) is 9.59 Å². The minimum Gasteiger partial charge on any atom is -0.457 e. The second-order valence-corrected chi connectivity index (χ2v) is 2.98. The van der Waals surface area contributed by atoms with Crippen LogP contribution in [0.1, 0.15) is 13.8 Å². The van der Waals surface area contributed by atoms with Crippen molar-refractivity contribution in [1.29, 1.82) is 0 Å². The van der Waals surface area contributed by atoms with Crippen LogP contribution >= 0.6 is 15.9 Å². The molecule has 11 heavy (non-hydrogen) atoms. The summed E-state index contributed by atoms with van der Waals surface area (Å²) in [5.41, 5.74) is 0. The van der Waals surface area contributed by atoms with E-state index in [1.165, 1.54) is 0 Å². The molecule has 0 aromatic carbocycles. The van der Waals surface area contributed by atoms with Crippen LogP contribution in [-0.4, -0.2) is 23.7 Å². The number of alkyl halides is 1. The molecule has 0 aliphatic carbocycles. The summed E-state index contributed by atoms with van der Waals surface area (Å²) >= 11 is 2.92. The van der Waals surface area contributed by atoms with Crippen molar-refractivity contribution in [2.45, 2.75) is 13.8 Å². The molecule has 0 aliphatic heterocycles. The lowest BCUT2D eigenvalue weighted by molar-refractivity contribution is -0.146. The number of ketones is 1. The summed E-state index contributed by atoms with van der Waals surface area (Å²) in [7, 11) is 0. The molecule has 0 atom stereocenters. The standard InChI is InChI=1S/C7H11BrO3/c1-5(2)6(9)4-11-7(10)3-8/h5H,3-4H2,1-2H3. The molecule has 0 saturated carbocycles. The van der Waals surface area contributed by atoms with Crippen LogP contribution in [0.25, 0.3) is 0 Å². The van der Waals surface area contributed by atoms with Gasteiger partial charge >= 0.3 is 5.97 Å². The number of hydrogen-bond donors (Lipinski definition) is 0. The third kappa shape index (κ3) is 4.95. The molecule has 0 aliphatic rings. The maximum absolute atomic E-state index is 10.9. The zero-order valence-electron chi connectivity index (χ0n) is 6.59. The Kier molecular flexibility index (Phi) is 5.11. The highest BCUT2D eigenvalue weighted by atomic mass is 79.9. The van der Waals surface area contributed by atoms with E-state index in [0.717, 1.165) is 0 Å². The fourth-order valence-corrected chi connectivity index (χ4v) is 0.519. The number of carbonyl (C=O) groups excluding carboxylic acids is 2. The molecule has 0 amide bonds. The fourth-order valence-electron chi connectivity index (χ4n) is 0.357. The van der Waals surface area contributed by atoms with Crippen LogP contribution in [0.2, 0.25) is 0 Å². The summed E-state index contributed by atoms with van der Waals surface area (Å²) in [5, 5.41) is 0.137. The van der Waals surface area contributed by atoms with Gasteiger partial charge in [0.25, 0.3) is 0 Å². The Balaban J connectivity index is 3.54. The molecule has 4 heteroatoms. The van der Waals surface area contributed by atoms with Gasteiger partial charge in [-0.1, -0.05) is 29.8 Å². The molecular weight excluding hydrogens is 212 g/mol. The van der Waals surface area contributed by atoms with Crippen LogP contribution in [0.4, 0.5) is 0 Å². The summed E-state index contributed by atoms with van der Waals surface area (Å²) < 4.78 is 4.58. The van der Waals surface area contributed by atoms with Gasteiger partial charge in [-0.15, -0.1) is 0 Å². The number of hydrogen-bond acceptors (Lipinski definition) is 3. The molecule has 0 saturated heterocycles. The predicted molar refractivity (Wildman–Crippen MR) is 44.6 cm³/mol. The molecule has 0 heterocycles. The first-order valence-electron chi connectivity index (χ1n) is 3.32. The predicted octanol–water partition coefficient (Wildman–Crippen LogP) is 1.15. The molecule has 0 N–H and O–H groups in total. The highest BCUT2D eigenvalue weighted by Gasteiger charge is 2.09. The summed E-state index contributed by atoms with van der Waals surface area (Å²) in [6, 6.07) is 0. The Morgan fingerprint density at radius 2 is 2.00 bits per heavy atom. The van der Waals surface area contributed by atoms with Crippen LogP contribution < -0.4 is 0 Å². The zero-order valence-corrected chi connectivity index (χ0v) is 8.18. The van der Waals surface area contributed by atoms with Gasteiger partial charge in [0.2, 0.25) is 0 Å². The van der Waals surface area contributed by atoms with Crippen LogP contribution in [0.5, 0.6) is 0 Å². The van der Waals surface area contributed by atoms with Crippen LogP contribution in [0.3, 0.4) is 0 Å². The van der Waals surface area contributed by atoms with E-state index in [2.05, 4.69) is 20.7 Å². The molecular formula is C7H11BrO3. The molecule has 0 bridgehead atoms. The van der Waals surface area contributed by atoms with Crippen molar-refractivity contribution in [3.05, 3.63) is 0 Å². The molecule has 0 unspecified atom stereocenters. The molecule has 0 aromatic heterocycles. The van der Waals surface area contributed by atoms with Gasteiger partial charge in [0.05, 0.1) is 0 Å². The summed E-state index contributed by atoms with van der Waals surface area (Å²) in [5.74, 6) is -0.531. The Morgan fingerprint density at radius 3 is 2.36 bits per heavy atom. The SMILES string of the molecule is CC(C)C(=O)COC(=O)CBr. The number of ether oxygens (including phenoxy) is 1. The topological polar surface area (TPSA) is 43.4 Å². The van der Waals surface area contributed by atoms with Crippen LogP contribution in [-0.2, 0) is 14.3 Å². The second-order valence-electron chi connectivity index (χ2n) is 2.42. The van der Waals surface area contributed by atoms with Crippen LogP contribution in [0.15, 0.2) is 0 Å². The van der Waals surface area contributed by atoms with Crippen LogP contribution in [0, 0.1) is 5.92 Å². The first-order chi connectivity index (χ1) is 5.07. The lowest BCUT2D eigenvalue weighted by Crippen LogP contribution is -2.18. The van der Waals surface area contributed by atoms with Gasteiger partial charge < -0.3 is 4.74 Å². The van der Waals surface area contributed by atoms with Crippen molar-refractivity contribution in [1.82, 2.24) is 0 Å². The number of Topliss-reactive ketones (excluding diaryl/α,β-unsaturated/α-hetero) is 1. The van der Waals surface area contributed by atoms with Gasteiger partial charge in [-0.2, -0.15) is 0 Å². The third-order valence-electron chi connectivity index (χ3n) is 1.13.